The van der Waals surface area contributed by atoms with Crippen LogP contribution < -0.4 is 14.8 Å². The fraction of sp³-hybridized carbons (Fsp3) is 0.500. The Balaban J connectivity index is 1.85. The van der Waals surface area contributed by atoms with E-state index in [9.17, 15) is 4.21 Å². The van der Waals surface area contributed by atoms with E-state index in [1.165, 1.54) is 0 Å². The van der Waals surface area contributed by atoms with Crippen LogP contribution in [0, 0.1) is 0 Å². The van der Waals surface area contributed by atoms with Crippen molar-refractivity contribution in [3.05, 3.63) is 23.8 Å². The number of ether oxygens (including phenoxy) is 2. The molecule has 0 bridgehead atoms. The van der Waals surface area contributed by atoms with Gasteiger partial charge < -0.3 is 14.8 Å². The van der Waals surface area contributed by atoms with Gasteiger partial charge in [-0.2, -0.15) is 0 Å². The van der Waals surface area contributed by atoms with Crippen LogP contribution in [0.5, 0.6) is 11.5 Å². The number of rotatable bonds is 1. The van der Waals surface area contributed by atoms with Gasteiger partial charge in [-0.25, -0.2) is 0 Å². The van der Waals surface area contributed by atoms with Crippen LogP contribution in [0.2, 0.25) is 0 Å². The number of benzene rings is 1. The Morgan fingerprint density at radius 2 is 2.06 bits per heavy atom. The Hall–Kier alpha value is -1.07. The largest absolute Gasteiger partial charge is 0.486 e. The summed E-state index contributed by atoms with van der Waals surface area (Å²) in [5.74, 6) is 3.03. The molecule has 17 heavy (non-hydrogen) atoms. The smallest absolute Gasteiger partial charge is 0.161 e. The number of hydrogen-bond donors (Lipinski definition) is 1. The van der Waals surface area contributed by atoms with Crippen LogP contribution >= 0.6 is 0 Å². The molecule has 1 aromatic rings. The molecule has 1 saturated heterocycles. The Labute approximate surface area is 103 Å². The molecule has 2 heterocycles. The molecule has 92 valence electrons. The van der Waals surface area contributed by atoms with E-state index in [0.717, 1.165) is 29.4 Å². The predicted molar refractivity (Wildman–Crippen MR) is 66.1 cm³/mol. The Kier molecular flexibility index (Phi) is 3.03. The second-order valence-electron chi connectivity index (χ2n) is 4.22. The van der Waals surface area contributed by atoms with E-state index < -0.39 is 10.8 Å². The topological polar surface area (TPSA) is 47.6 Å². The highest BCUT2D eigenvalue weighted by Crippen LogP contribution is 2.33. The molecule has 1 fully saturated rings. The Bertz CT molecular complexity index is 449. The summed E-state index contributed by atoms with van der Waals surface area (Å²) in [6.07, 6.45) is 0. The van der Waals surface area contributed by atoms with Gasteiger partial charge in [0, 0.05) is 34.9 Å². The minimum atomic E-state index is -0.707. The molecule has 0 saturated carbocycles. The molecule has 2 atom stereocenters. The average Bonchev–Trinajstić information content (AvgIpc) is 2.38. The van der Waals surface area contributed by atoms with Crippen LogP contribution in [0.1, 0.15) is 11.6 Å². The van der Waals surface area contributed by atoms with E-state index in [2.05, 4.69) is 5.32 Å². The maximum atomic E-state index is 11.6. The van der Waals surface area contributed by atoms with Gasteiger partial charge in [0.2, 0.25) is 0 Å². The molecule has 1 aromatic carbocycles. The van der Waals surface area contributed by atoms with Crippen molar-refractivity contribution in [2.75, 3.05) is 31.3 Å². The normalized spacial score (nSPS) is 27.8. The quantitative estimate of drug-likeness (QED) is 0.806. The summed E-state index contributed by atoms with van der Waals surface area (Å²) >= 11 is 0. The summed E-state index contributed by atoms with van der Waals surface area (Å²) in [6.45, 7) is 2.02. The summed E-state index contributed by atoms with van der Waals surface area (Å²) in [4.78, 5) is 0. The van der Waals surface area contributed by atoms with Crippen LogP contribution in [0.15, 0.2) is 18.2 Å². The van der Waals surface area contributed by atoms with Gasteiger partial charge in [-0.05, 0) is 17.7 Å². The third-order valence-electron chi connectivity index (χ3n) is 3.04. The monoisotopic (exact) mass is 253 g/mol. The Morgan fingerprint density at radius 3 is 2.88 bits per heavy atom. The van der Waals surface area contributed by atoms with Crippen molar-refractivity contribution in [2.24, 2.45) is 0 Å². The van der Waals surface area contributed by atoms with E-state index >= 15 is 0 Å². The molecular weight excluding hydrogens is 238 g/mol. The van der Waals surface area contributed by atoms with Crippen LogP contribution in [-0.4, -0.2) is 35.5 Å². The molecule has 4 nitrogen and oxygen atoms in total. The minimum Gasteiger partial charge on any atom is -0.486 e. The standard InChI is InChI=1S/C12H15NO3S/c14-17-6-3-13-10(8-17)9-1-2-11-12(7-9)16-5-4-15-11/h1-2,7,10,13H,3-6,8H2. The van der Waals surface area contributed by atoms with E-state index in [0.29, 0.717) is 19.0 Å². The lowest BCUT2D eigenvalue weighted by Crippen LogP contribution is -2.36. The Morgan fingerprint density at radius 1 is 1.24 bits per heavy atom. The number of hydrogen-bond acceptors (Lipinski definition) is 4. The predicted octanol–water partition coefficient (Wildman–Crippen LogP) is 0.851. The van der Waals surface area contributed by atoms with Crippen LogP contribution in [0.4, 0.5) is 0 Å². The summed E-state index contributed by atoms with van der Waals surface area (Å²) in [7, 11) is -0.707. The first-order valence-corrected chi connectivity index (χ1v) is 7.29. The average molecular weight is 253 g/mol. The van der Waals surface area contributed by atoms with Gasteiger partial charge in [0.05, 0.1) is 0 Å². The fourth-order valence-electron chi connectivity index (χ4n) is 2.17. The zero-order valence-electron chi connectivity index (χ0n) is 9.48. The number of nitrogens with one attached hydrogen (secondary N) is 1. The van der Waals surface area contributed by atoms with Gasteiger partial charge in [0.15, 0.2) is 11.5 Å². The highest BCUT2D eigenvalue weighted by Gasteiger charge is 2.21. The molecule has 2 unspecified atom stereocenters. The second kappa shape index (κ2) is 4.66. The van der Waals surface area contributed by atoms with Crippen LogP contribution in [0.25, 0.3) is 0 Å². The van der Waals surface area contributed by atoms with Crippen molar-refractivity contribution in [3.63, 3.8) is 0 Å². The second-order valence-corrected chi connectivity index (χ2v) is 5.84. The lowest BCUT2D eigenvalue weighted by Gasteiger charge is -2.25. The molecule has 0 amide bonds. The summed E-state index contributed by atoms with van der Waals surface area (Å²) in [6, 6.07) is 6.12. The zero-order chi connectivity index (χ0) is 11.7. The molecule has 0 spiro atoms. The van der Waals surface area contributed by atoms with Crippen molar-refractivity contribution >= 4 is 10.8 Å². The summed E-state index contributed by atoms with van der Waals surface area (Å²) in [5.41, 5.74) is 1.13. The van der Waals surface area contributed by atoms with Crippen molar-refractivity contribution in [1.29, 1.82) is 0 Å². The first-order valence-electron chi connectivity index (χ1n) is 5.81. The molecule has 2 aliphatic heterocycles. The van der Waals surface area contributed by atoms with Crippen LogP contribution in [-0.2, 0) is 10.8 Å². The van der Waals surface area contributed by atoms with Gasteiger partial charge in [-0.1, -0.05) is 6.07 Å². The third-order valence-corrected chi connectivity index (χ3v) is 4.41. The van der Waals surface area contributed by atoms with Gasteiger partial charge in [-0.3, -0.25) is 4.21 Å². The van der Waals surface area contributed by atoms with Gasteiger partial charge in [-0.15, -0.1) is 0 Å². The first-order chi connectivity index (χ1) is 8.33. The molecule has 3 rings (SSSR count). The third kappa shape index (κ3) is 2.30. The highest BCUT2D eigenvalue weighted by atomic mass is 32.2. The van der Waals surface area contributed by atoms with E-state index in [1.807, 2.05) is 18.2 Å². The molecular formula is C12H15NO3S. The maximum Gasteiger partial charge on any atom is 0.161 e. The van der Waals surface area contributed by atoms with Gasteiger partial charge in [0.1, 0.15) is 13.2 Å². The van der Waals surface area contributed by atoms with Gasteiger partial charge >= 0.3 is 0 Å². The fourth-order valence-corrected chi connectivity index (χ4v) is 3.36. The van der Waals surface area contributed by atoms with Gasteiger partial charge in [0.25, 0.3) is 0 Å². The number of fused-ring (bicyclic) bond motifs is 1. The molecule has 0 radical (unpaired) electrons. The van der Waals surface area contributed by atoms with Crippen molar-refractivity contribution in [2.45, 2.75) is 6.04 Å². The van der Waals surface area contributed by atoms with E-state index in [-0.39, 0.29) is 6.04 Å². The lowest BCUT2D eigenvalue weighted by atomic mass is 10.1. The van der Waals surface area contributed by atoms with Crippen molar-refractivity contribution in [3.8, 4) is 11.5 Å². The molecule has 5 heteroatoms. The highest BCUT2D eigenvalue weighted by molar-refractivity contribution is 7.85. The molecule has 0 aliphatic carbocycles. The zero-order valence-corrected chi connectivity index (χ0v) is 10.3. The lowest BCUT2D eigenvalue weighted by molar-refractivity contribution is 0.171. The molecule has 0 aromatic heterocycles. The van der Waals surface area contributed by atoms with E-state index in [1.54, 1.807) is 0 Å². The minimum absolute atomic E-state index is 0.167. The van der Waals surface area contributed by atoms with E-state index in [4.69, 9.17) is 9.47 Å². The first kappa shape index (κ1) is 11.0. The summed E-state index contributed by atoms with van der Waals surface area (Å²) in [5, 5.41) is 3.38. The SMILES string of the molecule is O=S1CCNC(c2ccc3c(c2)OCCO3)C1. The van der Waals surface area contributed by atoms with Crippen LogP contribution in [0.3, 0.4) is 0 Å². The van der Waals surface area contributed by atoms with Crippen molar-refractivity contribution < 1.29 is 13.7 Å². The van der Waals surface area contributed by atoms with Crippen molar-refractivity contribution in [1.82, 2.24) is 5.32 Å². The summed E-state index contributed by atoms with van der Waals surface area (Å²) < 4.78 is 22.6. The molecule has 1 N–H and O–H groups in total. The molecule has 2 aliphatic rings. The maximum absolute atomic E-state index is 11.6.